The largest absolute Gasteiger partial charge is 0.325 e. The zero-order valence-electron chi connectivity index (χ0n) is 15.3. The van der Waals surface area contributed by atoms with Crippen LogP contribution in [0.15, 0.2) is 48.5 Å². The Morgan fingerprint density at radius 2 is 1.81 bits per heavy atom. The highest BCUT2D eigenvalue weighted by Gasteiger charge is 2.51. The van der Waals surface area contributed by atoms with Crippen LogP contribution in [0.25, 0.3) is 0 Å². The number of amides is 3. The first-order valence-electron chi connectivity index (χ1n) is 9.40. The molecule has 0 aromatic heterocycles. The molecule has 0 radical (unpaired) electrons. The molecular weight excluding hydrogens is 340 g/mol. The van der Waals surface area contributed by atoms with Crippen LogP contribution in [-0.4, -0.2) is 29.2 Å². The number of rotatable bonds is 5. The lowest BCUT2D eigenvalue weighted by atomic mass is 9.87. The van der Waals surface area contributed by atoms with Gasteiger partial charge in [-0.1, -0.05) is 49.4 Å². The Labute approximate surface area is 158 Å². The van der Waals surface area contributed by atoms with Gasteiger partial charge >= 0.3 is 6.03 Å². The van der Waals surface area contributed by atoms with Crippen LogP contribution in [0.2, 0.25) is 0 Å². The fraction of sp³-hybridized carbons (Fsp3) is 0.318. The van der Waals surface area contributed by atoms with Gasteiger partial charge in [0.2, 0.25) is 0 Å². The molecule has 27 heavy (non-hydrogen) atoms. The SMILES string of the molecule is CC[C@]1(c2ccccc2)NC(=O)N(CC(=O)c2ccc3c(c2)CCC3)C1=O. The Hall–Kier alpha value is -2.95. The van der Waals surface area contributed by atoms with Gasteiger partial charge in [0.15, 0.2) is 5.78 Å². The molecule has 1 fully saturated rings. The number of fused-ring (bicyclic) bond motifs is 1. The molecule has 5 heteroatoms. The smallest absolute Gasteiger partial charge is 0.319 e. The minimum absolute atomic E-state index is 0.215. The average molecular weight is 362 g/mol. The second kappa shape index (κ2) is 6.65. The summed E-state index contributed by atoms with van der Waals surface area (Å²) >= 11 is 0. The third-order valence-electron chi connectivity index (χ3n) is 5.69. The number of carbonyl (C=O) groups excluding carboxylic acids is 3. The van der Waals surface area contributed by atoms with Gasteiger partial charge in [-0.05, 0) is 48.4 Å². The van der Waals surface area contributed by atoms with Gasteiger partial charge in [-0.3, -0.25) is 14.5 Å². The third-order valence-corrected chi connectivity index (χ3v) is 5.69. The number of hydrogen-bond acceptors (Lipinski definition) is 3. The molecule has 2 aromatic carbocycles. The monoisotopic (exact) mass is 362 g/mol. The molecule has 2 aromatic rings. The number of benzene rings is 2. The number of aryl methyl sites for hydroxylation is 2. The molecule has 3 amide bonds. The lowest BCUT2D eigenvalue weighted by Crippen LogP contribution is -2.43. The maximum absolute atomic E-state index is 13.1. The summed E-state index contributed by atoms with van der Waals surface area (Å²) < 4.78 is 0. The average Bonchev–Trinajstić information content (AvgIpc) is 3.26. The van der Waals surface area contributed by atoms with Gasteiger partial charge in [-0.25, -0.2) is 4.79 Å². The van der Waals surface area contributed by atoms with Gasteiger partial charge < -0.3 is 5.32 Å². The van der Waals surface area contributed by atoms with E-state index < -0.39 is 11.6 Å². The summed E-state index contributed by atoms with van der Waals surface area (Å²) in [7, 11) is 0. The maximum Gasteiger partial charge on any atom is 0.325 e. The molecular formula is C22H22N2O3. The minimum atomic E-state index is -1.10. The first-order chi connectivity index (χ1) is 13.0. The summed E-state index contributed by atoms with van der Waals surface area (Å²) in [6, 6.07) is 14.4. The first-order valence-corrected chi connectivity index (χ1v) is 9.40. The highest BCUT2D eigenvalue weighted by Crippen LogP contribution is 2.32. The van der Waals surface area contributed by atoms with Crippen molar-refractivity contribution >= 4 is 17.7 Å². The lowest BCUT2D eigenvalue weighted by molar-refractivity contribution is -0.131. The van der Waals surface area contributed by atoms with Gasteiger partial charge in [-0.2, -0.15) is 0 Å². The molecule has 1 N–H and O–H groups in total. The number of carbonyl (C=O) groups is 3. The van der Waals surface area contributed by atoms with E-state index >= 15 is 0 Å². The Morgan fingerprint density at radius 3 is 2.56 bits per heavy atom. The van der Waals surface area contributed by atoms with Crippen molar-refractivity contribution in [3.05, 3.63) is 70.8 Å². The zero-order valence-corrected chi connectivity index (χ0v) is 15.3. The van der Waals surface area contributed by atoms with Gasteiger partial charge in [0.05, 0.1) is 6.54 Å². The third kappa shape index (κ3) is 2.83. The van der Waals surface area contributed by atoms with E-state index in [-0.39, 0.29) is 18.2 Å². The van der Waals surface area contributed by atoms with Gasteiger partial charge in [0, 0.05) is 5.56 Å². The summed E-state index contributed by atoms with van der Waals surface area (Å²) in [6.07, 6.45) is 3.56. The Balaban J connectivity index is 1.58. The van der Waals surface area contributed by atoms with Gasteiger partial charge in [-0.15, -0.1) is 0 Å². The van der Waals surface area contributed by atoms with E-state index in [1.807, 2.05) is 49.4 Å². The van der Waals surface area contributed by atoms with Crippen molar-refractivity contribution in [2.24, 2.45) is 0 Å². The molecule has 1 aliphatic carbocycles. The van der Waals surface area contributed by atoms with Crippen LogP contribution in [-0.2, 0) is 23.2 Å². The van der Waals surface area contributed by atoms with Crippen LogP contribution in [0.1, 0.15) is 46.8 Å². The van der Waals surface area contributed by atoms with Gasteiger partial charge in [0.1, 0.15) is 5.54 Å². The molecule has 0 saturated carbocycles. The number of nitrogens with zero attached hydrogens (tertiary/aromatic N) is 1. The van der Waals surface area contributed by atoms with Crippen LogP contribution in [0, 0.1) is 0 Å². The van der Waals surface area contributed by atoms with Crippen molar-refractivity contribution < 1.29 is 14.4 Å². The van der Waals surface area contributed by atoms with Crippen molar-refractivity contribution in [1.29, 1.82) is 0 Å². The quantitative estimate of drug-likeness (QED) is 0.656. The Kier molecular flexibility index (Phi) is 4.30. The number of ketones is 1. The maximum atomic E-state index is 13.1. The van der Waals surface area contributed by atoms with Crippen LogP contribution < -0.4 is 5.32 Å². The fourth-order valence-electron chi connectivity index (χ4n) is 4.11. The Bertz CT molecular complexity index is 922. The number of urea groups is 1. The molecule has 1 atom stereocenters. The highest BCUT2D eigenvalue weighted by molar-refractivity contribution is 6.11. The van der Waals surface area contributed by atoms with E-state index in [0.29, 0.717) is 12.0 Å². The summed E-state index contributed by atoms with van der Waals surface area (Å²) in [5.74, 6) is -0.580. The van der Waals surface area contributed by atoms with E-state index in [1.165, 1.54) is 11.1 Å². The molecule has 2 aliphatic rings. The van der Waals surface area contributed by atoms with Crippen LogP contribution in [0.5, 0.6) is 0 Å². The molecule has 0 bridgehead atoms. The summed E-state index contributed by atoms with van der Waals surface area (Å²) in [5.41, 5.74) is 2.68. The number of Topliss-reactive ketones (excluding diaryl/α,β-unsaturated/α-hetero) is 1. The van der Waals surface area contributed by atoms with Crippen molar-refractivity contribution in [3.8, 4) is 0 Å². The van der Waals surface area contributed by atoms with E-state index in [9.17, 15) is 14.4 Å². The molecule has 4 rings (SSSR count). The molecule has 5 nitrogen and oxygen atoms in total. The number of nitrogens with one attached hydrogen (secondary N) is 1. The fourth-order valence-corrected chi connectivity index (χ4v) is 4.11. The predicted octanol–water partition coefficient (Wildman–Crippen LogP) is 3.22. The molecule has 1 aliphatic heterocycles. The topological polar surface area (TPSA) is 66.5 Å². The lowest BCUT2D eigenvalue weighted by Gasteiger charge is -2.25. The highest BCUT2D eigenvalue weighted by atomic mass is 16.2. The molecule has 0 spiro atoms. The number of imide groups is 1. The summed E-state index contributed by atoms with van der Waals surface area (Å²) in [6.45, 7) is 1.62. The second-order valence-electron chi connectivity index (χ2n) is 7.21. The molecule has 0 unspecified atom stereocenters. The zero-order chi connectivity index (χ0) is 19.0. The Morgan fingerprint density at radius 1 is 1.07 bits per heavy atom. The van der Waals surface area contributed by atoms with Crippen molar-refractivity contribution in [1.82, 2.24) is 10.2 Å². The predicted molar refractivity (Wildman–Crippen MR) is 101 cm³/mol. The second-order valence-corrected chi connectivity index (χ2v) is 7.21. The van der Waals surface area contributed by atoms with E-state index in [2.05, 4.69) is 5.32 Å². The molecule has 138 valence electrons. The van der Waals surface area contributed by atoms with E-state index in [0.717, 1.165) is 29.7 Å². The van der Waals surface area contributed by atoms with Crippen LogP contribution in [0.3, 0.4) is 0 Å². The summed E-state index contributed by atoms with van der Waals surface area (Å²) in [4.78, 5) is 39.4. The number of hydrogen-bond donors (Lipinski definition) is 1. The van der Waals surface area contributed by atoms with Crippen molar-refractivity contribution in [3.63, 3.8) is 0 Å². The van der Waals surface area contributed by atoms with Crippen LogP contribution in [0.4, 0.5) is 4.79 Å². The minimum Gasteiger partial charge on any atom is -0.319 e. The van der Waals surface area contributed by atoms with E-state index in [4.69, 9.17) is 0 Å². The normalized spacial score (nSPS) is 21.3. The first kappa shape index (κ1) is 17.5. The molecule has 1 heterocycles. The van der Waals surface area contributed by atoms with Crippen LogP contribution >= 0.6 is 0 Å². The van der Waals surface area contributed by atoms with E-state index in [1.54, 1.807) is 6.07 Å². The van der Waals surface area contributed by atoms with Crippen molar-refractivity contribution in [2.75, 3.05) is 6.54 Å². The summed E-state index contributed by atoms with van der Waals surface area (Å²) in [5, 5.41) is 2.82. The molecule has 1 saturated heterocycles. The van der Waals surface area contributed by atoms with Crippen molar-refractivity contribution in [2.45, 2.75) is 38.1 Å². The standard InChI is InChI=1S/C22H22N2O3/c1-2-22(18-9-4-3-5-10-18)20(26)24(21(27)23-22)14-19(25)17-12-11-15-7-6-8-16(15)13-17/h3-5,9-13H,2,6-8,14H2,1H3,(H,23,27)/t22-/m1/s1. The van der Waals surface area contributed by atoms with Gasteiger partial charge in [0.25, 0.3) is 5.91 Å².